The summed E-state index contributed by atoms with van der Waals surface area (Å²) in [5, 5.41) is 0. The summed E-state index contributed by atoms with van der Waals surface area (Å²) < 4.78 is 4.68. The molecule has 0 aromatic rings. The van der Waals surface area contributed by atoms with Crippen LogP contribution in [0.2, 0.25) is 0 Å². The van der Waals surface area contributed by atoms with Gasteiger partial charge in [0.15, 0.2) is 0 Å². The molecule has 1 fully saturated rings. The number of esters is 1. The zero-order valence-electron chi connectivity index (χ0n) is 9.00. The molecule has 14 heavy (non-hydrogen) atoms. The summed E-state index contributed by atoms with van der Waals surface area (Å²) in [4.78, 5) is 11.1. The van der Waals surface area contributed by atoms with E-state index in [0.29, 0.717) is 24.8 Å². The Kier molecular flexibility index (Phi) is 4.94. The molecule has 82 valence electrons. The van der Waals surface area contributed by atoms with Crippen LogP contribution in [0, 0.1) is 11.8 Å². The number of carbonyl (C=O) groups is 1. The minimum absolute atomic E-state index is 0.119. The Morgan fingerprint density at radius 2 is 2.07 bits per heavy atom. The first kappa shape index (κ1) is 11.5. The Morgan fingerprint density at radius 1 is 1.43 bits per heavy atom. The molecule has 0 aromatic carbocycles. The van der Waals surface area contributed by atoms with Crippen molar-refractivity contribution in [3.05, 3.63) is 0 Å². The Balaban J connectivity index is 2.39. The first-order valence-electron chi connectivity index (χ1n) is 5.54. The van der Waals surface area contributed by atoms with Gasteiger partial charge in [-0.15, -0.1) is 0 Å². The Bertz CT molecular complexity index is 176. The monoisotopic (exact) mass is 199 g/mol. The van der Waals surface area contributed by atoms with Crippen LogP contribution in [0.1, 0.15) is 38.5 Å². The molecule has 1 saturated carbocycles. The van der Waals surface area contributed by atoms with E-state index in [-0.39, 0.29) is 5.97 Å². The Hall–Kier alpha value is -0.570. The van der Waals surface area contributed by atoms with Gasteiger partial charge >= 0.3 is 5.97 Å². The molecule has 2 N–H and O–H groups in total. The van der Waals surface area contributed by atoms with Gasteiger partial charge in [-0.2, -0.15) is 0 Å². The number of nitrogens with two attached hydrogens (primary N) is 1. The summed E-state index contributed by atoms with van der Waals surface area (Å²) in [6.45, 7) is 0.611. The predicted molar refractivity (Wildman–Crippen MR) is 55.8 cm³/mol. The molecular formula is C11H21NO2. The van der Waals surface area contributed by atoms with Gasteiger partial charge in [0.2, 0.25) is 0 Å². The zero-order chi connectivity index (χ0) is 10.4. The van der Waals surface area contributed by atoms with Crippen molar-refractivity contribution in [1.82, 2.24) is 0 Å². The smallest absolute Gasteiger partial charge is 0.305 e. The summed E-state index contributed by atoms with van der Waals surface area (Å²) in [6, 6.07) is 0. The number of carbonyl (C=O) groups excluding carboxylic acids is 1. The molecular weight excluding hydrogens is 178 g/mol. The van der Waals surface area contributed by atoms with Gasteiger partial charge in [-0.3, -0.25) is 4.79 Å². The fourth-order valence-corrected chi connectivity index (χ4v) is 2.35. The maximum Gasteiger partial charge on any atom is 0.305 e. The summed E-state index contributed by atoms with van der Waals surface area (Å²) in [5.74, 6) is 0.863. The Morgan fingerprint density at radius 3 is 2.57 bits per heavy atom. The molecule has 3 nitrogen and oxygen atoms in total. The molecule has 0 bridgehead atoms. The van der Waals surface area contributed by atoms with Crippen LogP contribution in [-0.4, -0.2) is 19.6 Å². The van der Waals surface area contributed by atoms with Crippen LogP contribution in [0.15, 0.2) is 0 Å². The van der Waals surface area contributed by atoms with Gasteiger partial charge in [0.1, 0.15) is 0 Å². The average Bonchev–Trinajstić information content (AvgIpc) is 2.26. The zero-order valence-corrected chi connectivity index (χ0v) is 9.00. The molecule has 0 saturated heterocycles. The molecule has 3 heteroatoms. The van der Waals surface area contributed by atoms with Crippen molar-refractivity contribution in [2.75, 3.05) is 13.7 Å². The third-order valence-electron chi connectivity index (χ3n) is 3.28. The fourth-order valence-electron chi connectivity index (χ4n) is 2.35. The van der Waals surface area contributed by atoms with Crippen molar-refractivity contribution in [3.63, 3.8) is 0 Å². The lowest BCUT2D eigenvalue weighted by Crippen LogP contribution is -2.28. The van der Waals surface area contributed by atoms with Crippen molar-refractivity contribution in [3.8, 4) is 0 Å². The minimum Gasteiger partial charge on any atom is -0.469 e. The van der Waals surface area contributed by atoms with E-state index in [4.69, 9.17) is 5.73 Å². The second-order valence-electron chi connectivity index (χ2n) is 4.17. The summed E-state index contributed by atoms with van der Waals surface area (Å²) in [7, 11) is 1.44. The number of rotatable bonds is 4. The summed E-state index contributed by atoms with van der Waals surface area (Å²) in [6.07, 6.45) is 6.89. The van der Waals surface area contributed by atoms with Crippen molar-refractivity contribution in [2.24, 2.45) is 17.6 Å². The molecule has 1 atom stereocenters. The van der Waals surface area contributed by atoms with Gasteiger partial charge in [0.25, 0.3) is 0 Å². The third-order valence-corrected chi connectivity index (χ3v) is 3.28. The maximum atomic E-state index is 11.1. The van der Waals surface area contributed by atoms with Gasteiger partial charge in [-0.1, -0.05) is 32.1 Å². The highest BCUT2D eigenvalue weighted by Gasteiger charge is 2.24. The standard InChI is InChI=1S/C11H21NO2/c1-14-11(13)7-10(8-12)9-5-3-2-4-6-9/h9-10H,2-8,12H2,1H3/t10-/m1/s1. The van der Waals surface area contributed by atoms with Gasteiger partial charge in [0, 0.05) is 6.42 Å². The maximum absolute atomic E-state index is 11.1. The number of hydrogen-bond acceptors (Lipinski definition) is 3. The lowest BCUT2D eigenvalue weighted by molar-refractivity contribution is -0.142. The van der Waals surface area contributed by atoms with Crippen LogP contribution >= 0.6 is 0 Å². The molecule has 0 unspecified atom stereocenters. The van der Waals surface area contributed by atoms with Crippen molar-refractivity contribution in [2.45, 2.75) is 38.5 Å². The normalized spacial score (nSPS) is 20.4. The van der Waals surface area contributed by atoms with Gasteiger partial charge in [0.05, 0.1) is 7.11 Å². The van der Waals surface area contributed by atoms with Crippen molar-refractivity contribution < 1.29 is 9.53 Å². The molecule has 0 spiro atoms. The second kappa shape index (κ2) is 6.02. The quantitative estimate of drug-likeness (QED) is 0.701. The number of hydrogen-bond donors (Lipinski definition) is 1. The highest BCUT2D eigenvalue weighted by molar-refractivity contribution is 5.69. The summed E-state index contributed by atoms with van der Waals surface area (Å²) >= 11 is 0. The SMILES string of the molecule is COC(=O)C[C@H](CN)C1CCCCC1. The van der Waals surface area contributed by atoms with E-state index >= 15 is 0 Å². The van der Waals surface area contributed by atoms with E-state index in [1.165, 1.54) is 39.2 Å². The highest BCUT2D eigenvalue weighted by atomic mass is 16.5. The van der Waals surface area contributed by atoms with E-state index in [1.54, 1.807) is 0 Å². The predicted octanol–water partition coefficient (Wildman–Crippen LogP) is 1.70. The lowest BCUT2D eigenvalue weighted by Gasteiger charge is -2.28. The Labute approximate surface area is 86.0 Å². The first-order valence-corrected chi connectivity index (χ1v) is 5.54. The molecule has 1 aliphatic carbocycles. The number of methoxy groups -OCH3 is 1. The lowest BCUT2D eigenvalue weighted by atomic mass is 9.78. The van der Waals surface area contributed by atoms with E-state index in [0.717, 1.165) is 0 Å². The van der Waals surface area contributed by atoms with Crippen molar-refractivity contribution >= 4 is 5.97 Å². The van der Waals surface area contributed by atoms with Crippen LogP contribution in [-0.2, 0) is 9.53 Å². The van der Waals surface area contributed by atoms with Crippen molar-refractivity contribution in [1.29, 1.82) is 0 Å². The van der Waals surface area contributed by atoms with E-state index in [2.05, 4.69) is 4.74 Å². The third kappa shape index (κ3) is 3.29. The first-order chi connectivity index (χ1) is 6.77. The van der Waals surface area contributed by atoms with Gasteiger partial charge in [-0.25, -0.2) is 0 Å². The van der Waals surface area contributed by atoms with Gasteiger partial charge in [-0.05, 0) is 18.4 Å². The molecule has 0 aliphatic heterocycles. The van der Waals surface area contributed by atoms with E-state index < -0.39 is 0 Å². The summed E-state index contributed by atoms with van der Waals surface area (Å²) in [5.41, 5.74) is 5.70. The molecule has 0 radical (unpaired) electrons. The van der Waals surface area contributed by atoms with Crippen LogP contribution in [0.3, 0.4) is 0 Å². The van der Waals surface area contributed by atoms with E-state index in [1.807, 2.05) is 0 Å². The van der Waals surface area contributed by atoms with Crippen LogP contribution < -0.4 is 5.73 Å². The topological polar surface area (TPSA) is 52.3 Å². The molecule has 1 rings (SSSR count). The largest absolute Gasteiger partial charge is 0.469 e. The molecule has 0 amide bonds. The fraction of sp³-hybridized carbons (Fsp3) is 0.909. The molecule has 0 heterocycles. The minimum atomic E-state index is -0.119. The number of ether oxygens (including phenoxy) is 1. The van der Waals surface area contributed by atoms with Crippen LogP contribution in [0.4, 0.5) is 0 Å². The molecule has 1 aliphatic rings. The highest BCUT2D eigenvalue weighted by Crippen LogP contribution is 2.31. The van der Waals surface area contributed by atoms with Crippen LogP contribution in [0.5, 0.6) is 0 Å². The average molecular weight is 199 g/mol. The molecule has 0 aromatic heterocycles. The van der Waals surface area contributed by atoms with E-state index in [9.17, 15) is 4.79 Å². The second-order valence-corrected chi connectivity index (χ2v) is 4.17. The van der Waals surface area contributed by atoms with Gasteiger partial charge < -0.3 is 10.5 Å². The van der Waals surface area contributed by atoms with Crippen LogP contribution in [0.25, 0.3) is 0 Å².